The fraction of sp³-hybridized carbons (Fsp3) is 0.533. The van der Waals surface area contributed by atoms with Crippen LogP contribution < -0.4 is 4.74 Å². The van der Waals surface area contributed by atoms with Crippen molar-refractivity contribution in [3.05, 3.63) is 23.9 Å². The van der Waals surface area contributed by atoms with Gasteiger partial charge in [0.25, 0.3) is 5.91 Å². The molecule has 6 nitrogen and oxygen atoms in total. The molecule has 1 amide bonds. The van der Waals surface area contributed by atoms with Gasteiger partial charge in [-0.15, -0.1) is 0 Å². The SMILES string of the molecule is CC(C)Oc1ccc(C(=O)N2CCC(C(=O)O)(C(F)(F)F)C2)cn1. The summed E-state index contributed by atoms with van der Waals surface area (Å²) in [6.07, 6.45) is -4.50. The molecule has 1 N–H and O–H groups in total. The summed E-state index contributed by atoms with van der Waals surface area (Å²) in [5, 5.41) is 9.00. The molecule has 24 heavy (non-hydrogen) atoms. The number of aromatic nitrogens is 1. The van der Waals surface area contributed by atoms with Crippen LogP contribution in [-0.2, 0) is 4.79 Å². The van der Waals surface area contributed by atoms with Gasteiger partial charge in [0.15, 0.2) is 5.41 Å². The molecule has 1 aliphatic heterocycles. The molecular formula is C15H17F3N2O4. The van der Waals surface area contributed by atoms with Crippen molar-refractivity contribution in [2.75, 3.05) is 13.1 Å². The van der Waals surface area contributed by atoms with Gasteiger partial charge in [-0.05, 0) is 26.3 Å². The number of carboxylic acids is 1. The van der Waals surface area contributed by atoms with Gasteiger partial charge >= 0.3 is 12.1 Å². The normalized spacial score (nSPS) is 21.2. The van der Waals surface area contributed by atoms with E-state index in [-0.39, 0.29) is 24.1 Å². The Kier molecular flexibility index (Phi) is 4.73. The molecule has 0 radical (unpaired) electrons. The molecule has 2 rings (SSSR count). The van der Waals surface area contributed by atoms with Crippen molar-refractivity contribution in [2.24, 2.45) is 5.41 Å². The number of halogens is 3. The van der Waals surface area contributed by atoms with Crippen molar-refractivity contribution < 1.29 is 32.6 Å². The Balaban J connectivity index is 2.15. The molecule has 0 spiro atoms. The van der Waals surface area contributed by atoms with Gasteiger partial charge in [0, 0.05) is 25.4 Å². The monoisotopic (exact) mass is 346 g/mol. The number of alkyl halides is 3. The van der Waals surface area contributed by atoms with Crippen molar-refractivity contribution in [3.8, 4) is 5.88 Å². The summed E-state index contributed by atoms with van der Waals surface area (Å²) >= 11 is 0. The second kappa shape index (κ2) is 6.29. The van der Waals surface area contributed by atoms with Crippen molar-refractivity contribution in [1.29, 1.82) is 0 Å². The van der Waals surface area contributed by atoms with Crippen LogP contribution in [0.4, 0.5) is 13.2 Å². The van der Waals surface area contributed by atoms with Crippen LogP contribution >= 0.6 is 0 Å². The van der Waals surface area contributed by atoms with Gasteiger partial charge in [0.05, 0.1) is 11.7 Å². The van der Waals surface area contributed by atoms with E-state index in [0.717, 1.165) is 4.90 Å². The number of nitrogens with zero attached hydrogens (tertiary/aromatic N) is 2. The highest BCUT2D eigenvalue weighted by Crippen LogP contribution is 2.45. The van der Waals surface area contributed by atoms with Gasteiger partial charge in [-0.3, -0.25) is 9.59 Å². The second-order valence-electron chi connectivity index (χ2n) is 5.91. The number of hydrogen-bond donors (Lipinski definition) is 1. The van der Waals surface area contributed by atoms with Gasteiger partial charge in [-0.25, -0.2) is 4.98 Å². The third kappa shape index (κ3) is 3.29. The van der Waals surface area contributed by atoms with Crippen LogP contribution in [-0.4, -0.2) is 52.2 Å². The number of hydrogen-bond acceptors (Lipinski definition) is 4. The first-order valence-electron chi connectivity index (χ1n) is 7.29. The van der Waals surface area contributed by atoms with E-state index < -0.39 is 36.4 Å². The lowest BCUT2D eigenvalue weighted by Crippen LogP contribution is -2.47. The van der Waals surface area contributed by atoms with E-state index in [1.165, 1.54) is 18.3 Å². The van der Waals surface area contributed by atoms with Crippen LogP contribution in [0.1, 0.15) is 30.6 Å². The summed E-state index contributed by atoms with van der Waals surface area (Å²) in [6.45, 7) is 2.41. The van der Waals surface area contributed by atoms with E-state index in [9.17, 15) is 22.8 Å². The first kappa shape index (κ1) is 18.0. The van der Waals surface area contributed by atoms with Gasteiger partial charge < -0.3 is 14.7 Å². The Morgan fingerprint density at radius 1 is 1.38 bits per heavy atom. The molecule has 0 aliphatic carbocycles. The lowest BCUT2D eigenvalue weighted by Gasteiger charge is -2.27. The fourth-order valence-corrected chi connectivity index (χ4v) is 2.51. The summed E-state index contributed by atoms with van der Waals surface area (Å²) in [6, 6.07) is 2.83. The van der Waals surface area contributed by atoms with Crippen molar-refractivity contribution in [1.82, 2.24) is 9.88 Å². The van der Waals surface area contributed by atoms with Crippen LogP contribution in [0, 0.1) is 5.41 Å². The van der Waals surface area contributed by atoms with Crippen LogP contribution in [0.3, 0.4) is 0 Å². The number of rotatable bonds is 4. The number of carboxylic acid groups (broad SMARTS) is 1. The summed E-state index contributed by atoms with van der Waals surface area (Å²) in [5.41, 5.74) is -2.84. The molecule has 2 heterocycles. The van der Waals surface area contributed by atoms with E-state index in [2.05, 4.69) is 4.98 Å². The minimum absolute atomic E-state index is 0.0782. The van der Waals surface area contributed by atoms with Crippen LogP contribution in [0.15, 0.2) is 18.3 Å². The topological polar surface area (TPSA) is 79.7 Å². The summed E-state index contributed by atoms with van der Waals surface area (Å²) in [7, 11) is 0. The zero-order chi connectivity index (χ0) is 18.1. The van der Waals surface area contributed by atoms with Crippen molar-refractivity contribution in [2.45, 2.75) is 32.5 Å². The van der Waals surface area contributed by atoms with Gasteiger partial charge in [-0.1, -0.05) is 0 Å². The molecule has 1 aliphatic rings. The van der Waals surface area contributed by atoms with E-state index in [1.807, 2.05) is 0 Å². The number of carbonyl (C=O) groups is 2. The Bertz CT molecular complexity index is 631. The Morgan fingerprint density at radius 3 is 2.46 bits per heavy atom. The predicted molar refractivity (Wildman–Crippen MR) is 76.6 cm³/mol. The average molecular weight is 346 g/mol. The predicted octanol–water partition coefficient (Wildman–Crippen LogP) is 2.35. The average Bonchev–Trinajstić information content (AvgIpc) is 2.93. The highest BCUT2D eigenvalue weighted by Gasteiger charge is 2.64. The molecule has 0 aromatic carbocycles. The Hall–Kier alpha value is -2.32. The van der Waals surface area contributed by atoms with Crippen LogP contribution in [0.5, 0.6) is 5.88 Å². The largest absolute Gasteiger partial charge is 0.481 e. The van der Waals surface area contributed by atoms with Crippen LogP contribution in [0.2, 0.25) is 0 Å². The highest BCUT2D eigenvalue weighted by atomic mass is 19.4. The summed E-state index contributed by atoms with van der Waals surface area (Å²) in [4.78, 5) is 28.3. The van der Waals surface area contributed by atoms with Crippen molar-refractivity contribution >= 4 is 11.9 Å². The molecule has 0 saturated carbocycles. The zero-order valence-electron chi connectivity index (χ0n) is 13.1. The Labute approximate surface area is 136 Å². The first-order valence-corrected chi connectivity index (χ1v) is 7.29. The highest BCUT2D eigenvalue weighted by molar-refractivity contribution is 5.95. The minimum atomic E-state index is -4.93. The molecule has 9 heteroatoms. The Morgan fingerprint density at radius 2 is 2.04 bits per heavy atom. The molecular weight excluding hydrogens is 329 g/mol. The van der Waals surface area contributed by atoms with E-state index in [0.29, 0.717) is 0 Å². The van der Waals surface area contributed by atoms with E-state index in [4.69, 9.17) is 9.84 Å². The smallest absolute Gasteiger partial charge is 0.406 e. The lowest BCUT2D eigenvalue weighted by atomic mass is 9.86. The lowest BCUT2D eigenvalue weighted by molar-refractivity contribution is -0.227. The zero-order valence-corrected chi connectivity index (χ0v) is 13.1. The third-order valence-corrected chi connectivity index (χ3v) is 3.85. The van der Waals surface area contributed by atoms with Crippen LogP contribution in [0.25, 0.3) is 0 Å². The number of ether oxygens (including phenoxy) is 1. The van der Waals surface area contributed by atoms with E-state index in [1.54, 1.807) is 13.8 Å². The molecule has 1 aromatic heterocycles. The minimum Gasteiger partial charge on any atom is -0.481 e. The molecule has 1 saturated heterocycles. The maximum Gasteiger partial charge on any atom is 0.406 e. The fourth-order valence-electron chi connectivity index (χ4n) is 2.51. The van der Waals surface area contributed by atoms with Gasteiger partial charge in [0.1, 0.15) is 0 Å². The van der Waals surface area contributed by atoms with Crippen molar-refractivity contribution in [3.63, 3.8) is 0 Å². The molecule has 1 atom stereocenters. The summed E-state index contributed by atoms with van der Waals surface area (Å²) in [5.74, 6) is -2.37. The van der Waals surface area contributed by atoms with Gasteiger partial charge in [-0.2, -0.15) is 13.2 Å². The number of pyridine rings is 1. The maximum absolute atomic E-state index is 13.1. The number of carbonyl (C=O) groups excluding carboxylic acids is 1. The molecule has 1 aromatic rings. The maximum atomic E-state index is 13.1. The molecule has 132 valence electrons. The summed E-state index contributed by atoms with van der Waals surface area (Å²) < 4.78 is 44.7. The second-order valence-corrected chi connectivity index (χ2v) is 5.91. The number of aliphatic carboxylic acids is 1. The first-order chi connectivity index (χ1) is 11.1. The quantitative estimate of drug-likeness (QED) is 0.905. The number of amides is 1. The molecule has 1 fully saturated rings. The standard InChI is InChI=1S/C15H17F3N2O4/c1-9(2)24-11-4-3-10(7-19-11)12(21)20-6-5-14(8-20,13(22)23)15(16,17)18/h3-4,7,9H,5-6,8H2,1-2H3,(H,22,23). The third-order valence-electron chi connectivity index (χ3n) is 3.85. The van der Waals surface area contributed by atoms with Gasteiger partial charge in [0.2, 0.25) is 5.88 Å². The van der Waals surface area contributed by atoms with E-state index >= 15 is 0 Å². The number of likely N-dealkylation sites (tertiary alicyclic amines) is 1. The molecule has 1 unspecified atom stereocenters. The molecule has 0 bridgehead atoms.